The first-order valence-corrected chi connectivity index (χ1v) is 12.4. The Morgan fingerprint density at radius 1 is 1.42 bits per heavy atom. The summed E-state index contributed by atoms with van der Waals surface area (Å²) in [5.74, 6) is 0.256. The van der Waals surface area contributed by atoms with Crippen LogP contribution in [0.15, 0.2) is 28.0 Å². The summed E-state index contributed by atoms with van der Waals surface area (Å²) in [5, 5.41) is 3.27. The Hall–Kier alpha value is -2.27. The van der Waals surface area contributed by atoms with E-state index in [-0.39, 0.29) is 17.6 Å². The largest absolute Gasteiger partial charge is 0.382 e. The molecule has 2 aliphatic rings. The van der Waals surface area contributed by atoms with Crippen molar-refractivity contribution in [3.05, 3.63) is 44.7 Å². The van der Waals surface area contributed by atoms with Crippen molar-refractivity contribution in [3.8, 4) is 0 Å². The molecular weight excluding hydrogens is 460 g/mol. The summed E-state index contributed by atoms with van der Waals surface area (Å²) in [6, 6.07) is 3.72. The number of fused-ring (bicyclic) bond motifs is 1. The molecule has 0 radical (unpaired) electrons. The number of nitrogens with one attached hydrogen (secondary N) is 1. The van der Waals surface area contributed by atoms with Gasteiger partial charge >= 0.3 is 0 Å². The molecule has 10 heteroatoms. The lowest BCUT2D eigenvalue weighted by molar-refractivity contribution is -0.123. The first-order chi connectivity index (χ1) is 16.0. The number of ether oxygens (including phenoxy) is 2. The number of carbonyl (C=O) groups excluding carboxylic acids is 1. The minimum atomic E-state index is -0.236. The SMILES string of the molecule is CCOCCCNc1nc2c(C)cccn2c(=O)c1/C=C1\SC(=S)N(C[C@H]2CCCO2)C1=O. The first kappa shape index (κ1) is 23.9. The van der Waals surface area contributed by atoms with Gasteiger partial charge in [0.1, 0.15) is 15.8 Å². The third-order valence-corrected chi connectivity index (χ3v) is 6.98. The minimum Gasteiger partial charge on any atom is -0.382 e. The van der Waals surface area contributed by atoms with Crippen LogP contribution in [0.5, 0.6) is 0 Å². The van der Waals surface area contributed by atoms with Crippen molar-refractivity contribution in [2.24, 2.45) is 0 Å². The summed E-state index contributed by atoms with van der Waals surface area (Å²) in [7, 11) is 0. The van der Waals surface area contributed by atoms with Crippen LogP contribution in [0, 0.1) is 6.92 Å². The number of rotatable bonds is 9. The highest BCUT2D eigenvalue weighted by Crippen LogP contribution is 2.34. The molecule has 33 heavy (non-hydrogen) atoms. The highest BCUT2D eigenvalue weighted by atomic mass is 32.2. The molecular formula is C23H28N4O4S2. The Kier molecular flexibility index (Phi) is 7.79. The Morgan fingerprint density at radius 3 is 3.03 bits per heavy atom. The maximum absolute atomic E-state index is 13.4. The van der Waals surface area contributed by atoms with Gasteiger partial charge in [0.05, 0.1) is 23.1 Å². The van der Waals surface area contributed by atoms with E-state index in [0.717, 1.165) is 24.8 Å². The number of amides is 1. The van der Waals surface area contributed by atoms with E-state index in [4.69, 9.17) is 26.7 Å². The summed E-state index contributed by atoms with van der Waals surface area (Å²) >= 11 is 6.67. The van der Waals surface area contributed by atoms with Gasteiger partial charge < -0.3 is 14.8 Å². The molecule has 4 rings (SSSR count). The molecule has 2 fully saturated rings. The van der Waals surface area contributed by atoms with E-state index in [2.05, 4.69) is 5.32 Å². The number of aromatic nitrogens is 2. The Bertz CT molecular complexity index is 1140. The van der Waals surface area contributed by atoms with Gasteiger partial charge in [0.2, 0.25) is 0 Å². The summed E-state index contributed by atoms with van der Waals surface area (Å²) in [5.41, 5.74) is 1.58. The Labute approximate surface area is 202 Å². The average molecular weight is 489 g/mol. The van der Waals surface area contributed by atoms with Crippen molar-refractivity contribution in [1.82, 2.24) is 14.3 Å². The number of hydrogen-bond donors (Lipinski definition) is 1. The number of aryl methyl sites for hydroxylation is 1. The number of nitrogens with zero attached hydrogens (tertiary/aromatic N) is 3. The fraction of sp³-hybridized carbons (Fsp3) is 0.478. The van der Waals surface area contributed by atoms with Crippen LogP contribution in [0.2, 0.25) is 0 Å². The molecule has 2 aliphatic heterocycles. The van der Waals surface area contributed by atoms with Crippen LogP contribution in [0.25, 0.3) is 11.7 Å². The molecule has 0 unspecified atom stereocenters. The van der Waals surface area contributed by atoms with Gasteiger partial charge in [-0.05, 0) is 50.8 Å². The van der Waals surface area contributed by atoms with Gasteiger partial charge in [-0.1, -0.05) is 30.0 Å². The summed E-state index contributed by atoms with van der Waals surface area (Å²) in [6.45, 7) is 6.90. The van der Waals surface area contributed by atoms with Crippen molar-refractivity contribution in [2.45, 2.75) is 39.2 Å². The van der Waals surface area contributed by atoms with E-state index in [1.807, 2.05) is 26.0 Å². The molecule has 1 N–H and O–H groups in total. The number of pyridine rings is 1. The Balaban J connectivity index is 1.66. The average Bonchev–Trinajstić information content (AvgIpc) is 3.40. The molecule has 1 atom stereocenters. The van der Waals surface area contributed by atoms with Gasteiger partial charge in [-0.2, -0.15) is 0 Å². The third-order valence-electron chi connectivity index (χ3n) is 5.61. The second-order valence-electron chi connectivity index (χ2n) is 7.97. The number of carbonyl (C=O) groups is 1. The van der Waals surface area contributed by atoms with Crippen LogP contribution in [-0.4, -0.2) is 63.5 Å². The van der Waals surface area contributed by atoms with Gasteiger partial charge in [-0.15, -0.1) is 0 Å². The van der Waals surface area contributed by atoms with Gasteiger partial charge in [0, 0.05) is 32.6 Å². The Morgan fingerprint density at radius 2 is 2.27 bits per heavy atom. The molecule has 0 spiro atoms. The maximum Gasteiger partial charge on any atom is 0.267 e. The third kappa shape index (κ3) is 5.29. The van der Waals surface area contributed by atoms with Gasteiger partial charge in [0.15, 0.2) is 0 Å². The second kappa shape index (κ2) is 10.8. The van der Waals surface area contributed by atoms with Crippen LogP contribution in [0.1, 0.15) is 37.3 Å². The van der Waals surface area contributed by atoms with Gasteiger partial charge in [0.25, 0.3) is 11.5 Å². The molecule has 4 heterocycles. The molecule has 2 aromatic heterocycles. The fourth-order valence-corrected chi connectivity index (χ4v) is 5.14. The zero-order chi connectivity index (χ0) is 23.4. The van der Waals surface area contributed by atoms with Gasteiger partial charge in [-0.3, -0.25) is 18.9 Å². The molecule has 0 aliphatic carbocycles. The maximum atomic E-state index is 13.4. The van der Waals surface area contributed by atoms with Crippen LogP contribution in [0.4, 0.5) is 5.82 Å². The van der Waals surface area contributed by atoms with Crippen molar-refractivity contribution >= 4 is 51.7 Å². The fourth-order valence-electron chi connectivity index (χ4n) is 3.88. The molecule has 0 aromatic carbocycles. The predicted molar refractivity (Wildman–Crippen MR) is 135 cm³/mol. The van der Waals surface area contributed by atoms with E-state index < -0.39 is 0 Å². The number of thiocarbonyl (C=S) groups is 1. The van der Waals surface area contributed by atoms with Crippen molar-refractivity contribution in [3.63, 3.8) is 0 Å². The quantitative estimate of drug-likeness (QED) is 0.327. The zero-order valence-corrected chi connectivity index (χ0v) is 20.5. The molecule has 176 valence electrons. The van der Waals surface area contributed by atoms with Crippen LogP contribution < -0.4 is 10.9 Å². The summed E-state index contributed by atoms with van der Waals surface area (Å²) in [4.78, 5) is 33.2. The normalized spacial score (nSPS) is 19.9. The van der Waals surface area contributed by atoms with Crippen molar-refractivity contribution in [1.29, 1.82) is 0 Å². The second-order valence-corrected chi connectivity index (χ2v) is 9.64. The van der Waals surface area contributed by atoms with E-state index in [0.29, 0.717) is 59.2 Å². The topological polar surface area (TPSA) is 85.2 Å². The lowest BCUT2D eigenvalue weighted by Crippen LogP contribution is -2.35. The molecule has 1 amide bonds. The van der Waals surface area contributed by atoms with E-state index in [1.165, 1.54) is 16.2 Å². The monoisotopic (exact) mass is 488 g/mol. The van der Waals surface area contributed by atoms with Crippen LogP contribution >= 0.6 is 24.0 Å². The van der Waals surface area contributed by atoms with Crippen LogP contribution in [-0.2, 0) is 14.3 Å². The van der Waals surface area contributed by atoms with Crippen molar-refractivity contribution in [2.75, 3.05) is 38.2 Å². The van der Waals surface area contributed by atoms with Crippen molar-refractivity contribution < 1.29 is 14.3 Å². The molecule has 0 saturated carbocycles. The minimum absolute atomic E-state index is 0.00496. The van der Waals surface area contributed by atoms with E-state index in [1.54, 1.807) is 17.2 Å². The number of thioether (sulfide) groups is 1. The summed E-state index contributed by atoms with van der Waals surface area (Å²) < 4.78 is 13.1. The highest BCUT2D eigenvalue weighted by Gasteiger charge is 2.35. The zero-order valence-electron chi connectivity index (χ0n) is 18.8. The van der Waals surface area contributed by atoms with Gasteiger partial charge in [-0.25, -0.2) is 4.98 Å². The lowest BCUT2D eigenvalue weighted by atomic mass is 10.2. The molecule has 0 bridgehead atoms. The number of anilines is 1. The standard InChI is InChI=1S/C23H28N4O4S2/c1-3-30-11-6-9-24-19-17(21(28)26-10-4-7-15(2)20(26)25-19)13-18-22(29)27(23(32)33-18)14-16-8-5-12-31-16/h4,7,10,13,16,24H,3,5-6,8-9,11-12,14H2,1-2H3/b18-13-/t16-/m1/s1. The predicted octanol–water partition coefficient (Wildman–Crippen LogP) is 3.22. The highest BCUT2D eigenvalue weighted by molar-refractivity contribution is 8.26. The molecule has 8 nitrogen and oxygen atoms in total. The smallest absolute Gasteiger partial charge is 0.267 e. The van der Waals surface area contributed by atoms with E-state index >= 15 is 0 Å². The van der Waals surface area contributed by atoms with E-state index in [9.17, 15) is 9.59 Å². The molecule has 2 saturated heterocycles. The number of hydrogen-bond acceptors (Lipinski definition) is 8. The van der Waals surface area contributed by atoms with Crippen LogP contribution in [0.3, 0.4) is 0 Å². The lowest BCUT2D eigenvalue weighted by Gasteiger charge is -2.18. The first-order valence-electron chi connectivity index (χ1n) is 11.2. The summed E-state index contributed by atoms with van der Waals surface area (Å²) in [6.07, 6.45) is 5.99. The molecule has 2 aromatic rings.